The smallest absolute Gasteiger partial charge is 0.256 e. The monoisotopic (exact) mass is 358 g/mol. The highest BCUT2D eigenvalue weighted by atomic mass is 19.1. The summed E-state index contributed by atoms with van der Waals surface area (Å²) in [5, 5.41) is 10.2. The molecule has 2 amide bonds. The van der Waals surface area contributed by atoms with Gasteiger partial charge >= 0.3 is 0 Å². The maximum Gasteiger partial charge on any atom is 0.256 e. The molecule has 1 aliphatic heterocycles. The van der Waals surface area contributed by atoms with Crippen molar-refractivity contribution in [1.82, 2.24) is 9.88 Å². The number of anilines is 1. The quantitative estimate of drug-likeness (QED) is 0.838. The zero-order valence-corrected chi connectivity index (χ0v) is 14.0. The maximum atomic E-state index is 13.0. The zero-order chi connectivity index (χ0) is 18.7. The molecule has 0 unspecified atom stereocenters. The Labute approximate surface area is 149 Å². The Hall–Kier alpha value is -3.00. The van der Waals surface area contributed by atoms with Crippen molar-refractivity contribution in [3.63, 3.8) is 0 Å². The van der Waals surface area contributed by atoms with E-state index in [2.05, 4.69) is 4.98 Å². The highest BCUT2D eigenvalue weighted by Gasteiger charge is 2.28. The fourth-order valence-corrected chi connectivity index (χ4v) is 2.94. The van der Waals surface area contributed by atoms with Crippen LogP contribution in [0.4, 0.5) is 10.2 Å². The molecule has 2 aromatic rings. The molecule has 1 saturated heterocycles. The van der Waals surface area contributed by atoms with Gasteiger partial charge in [-0.1, -0.05) is 12.1 Å². The average molecular weight is 358 g/mol. The van der Waals surface area contributed by atoms with Gasteiger partial charge in [0.25, 0.3) is 11.8 Å². The number of nitrogens with two attached hydrogens (primary N) is 1. The third-order valence-corrected chi connectivity index (χ3v) is 4.36. The second kappa shape index (κ2) is 7.49. The first-order chi connectivity index (χ1) is 12.5. The molecule has 2 heterocycles. The Kier molecular flexibility index (Phi) is 5.13. The number of hydrogen-bond acceptors (Lipinski definition) is 5. The van der Waals surface area contributed by atoms with Crippen LogP contribution in [0, 0.1) is 5.82 Å². The summed E-state index contributed by atoms with van der Waals surface area (Å²) in [5.74, 6) is -0.931. The molecule has 0 bridgehead atoms. The molecule has 7 nitrogen and oxygen atoms in total. The van der Waals surface area contributed by atoms with Gasteiger partial charge < -0.3 is 20.6 Å². The SMILES string of the molecule is NC(=O)c1cccnc1N1CCN(C(=O)[C@H](O)c2ccc(F)cc2)CC1. The van der Waals surface area contributed by atoms with E-state index in [9.17, 15) is 19.1 Å². The molecule has 1 aromatic carbocycles. The molecule has 1 atom stereocenters. The van der Waals surface area contributed by atoms with Crippen molar-refractivity contribution in [3.8, 4) is 0 Å². The molecule has 3 rings (SSSR count). The Morgan fingerprint density at radius 2 is 1.77 bits per heavy atom. The molecule has 0 spiro atoms. The normalized spacial score (nSPS) is 15.6. The standard InChI is InChI=1S/C18H19FN4O3/c19-13-5-3-12(4-6-13)15(24)18(26)23-10-8-22(9-11-23)17-14(16(20)25)2-1-7-21-17/h1-7,15,24H,8-11H2,(H2,20,25)/t15-/m1/s1. The second-order valence-electron chi connectivity index (χ2n) is 6.01. The Bertz CT molecular complexity index is 804. The van der Waals surface area contributed by atoms with E-state index in [4.69, 9.17) is 5.73 Å². The van der Waals surface area contributed by atoms with Crippen molar-refractivity contribution in [2.75, 3.05) is 31.1 Å². The summed E-state index contributed by atoms with van der Waals surface area (Å²) in [6.45, 7) is 1.65. The average Bonchev–Trinajstić information content (AvgIpc) is 2.67. The number of benzene rings is 1. The summed E-state index contributed by atoms with van der Waals surface area (Å²) in [5.41, 5.74) is 6.06. The summed E-state index contributed by atoms with van der Waals surface area (Å²) in [6.07, 6.45) is 0.246. The van der Waals surface area contributed by atoms with Gasteiger partial charge in [0.05, 0.1) is 5.56 Å². The molecule has 0 saturated carbocycles. The fraction of sp³-hybridized carbons (Fsp3) is 0.278. The van der Waals surface area contributed by atoms with Gasteiger partial charge in [0.2, 0.25) is 0 Å². The number of nitrogens with zero attached hydrogens (tertiary/aromatic N) is 3. The summed E-state index contributed by atoms with van der Waals surface area (Å²) in [4.78, 5) is 31.7. The summed E-state index contributed by atoms with van der Waals surface area (Å²) in [6, 6.07) is 8.44. The highest BCUT2D eigenvalue weighted by Crippen LogP contribution is 2.21. The number of halogens is 1. The number of primary amides is 1. The Morgan fingerprint density at radius 1 is 1.12 bits per heavy atom. The lowest BCUT2D eigenvalue weighted by Crippen LogP contribution is -2.50. The van der Waals surface area contributed by atoms with E-state index < -0.39 is 23.7 Å². The van der Waals surface area contributed by atoms with Gasteiger partial charge in [-0.15, -0.1) is 0 Å². The first-order valence-electron chi connectivity index (χ1n) is 8.19. The highest BCUT2D eigenvalue weighted by molar-refractivity contribution is 5.97. The van der Waals surface area contributed by atoms with Crippen LogP contribution in [0.3, 0.4) is 0 Å². The van der Waals surface area contributed by atoms with Gasteiger partial charge in [-0.25, -0.2) is 9.37 Å². The Morgan fingerprint density at radius 3 is 2.38 bits per heavy atom. The van der Waals surface area contributed by atoms with E-state index in [1.54, 1.807) is 18.3 Å². The van der Waals surface area contributed by atoms with Gasteiger partial charge in [-0.05, 0) is 29.8 Å². The molecule has 0 radical (unpaired) electrons. The fourth-order valence-electron chi connectivity index (χ4n) is 2.94. The van der Waals surface area contributed by atoms with Crippen LogP contribution in [-0.4, -0.2) is 53.0 Å². The summed E-state index contributed by atoms with van der Waals surface area (Å²) in [7, 11) is 0. The van der Waals surface area contributed by atoms with Crippen LogP contribution in [0.15, 0.2) is 42.6 Å². The van der Waals surface area contributed by atoms with Crippen LogP contribution in [0.5, 0.6) is 0 Å². The Balaban J connectivity index is 1.66. The number of rotatable bonds is 4. The minimum atomic E-state index is -1.34. The van der Waals surface area contributed by atoms with Crippen molar-refractivity contribution in [1.29, 1.82) is 0 Å². The first kappa shape index (κ1) is 17.8. The van der Waals surface area contributed by atoms with Crippen LogP contribution >= 0.6 is 0 Å². The van der Waals surface area contributed by atoms with Crippen molar-refractivity contribution < 1.29 is 19.1 Å². The number of hydrogen-bond donors (Lipinski definition) is 2. The minimum Gasteiger partial charge on any atom is -0.378 e. The second-order valence-corrected chi connectivity index (χ2v) is 6.01. The van der Waals surface area contributed by atoms with Crippen LogP contribution in [0.1, 0.15) is 22.0 Å². The van der Waals surface area contributed by atoms with Gasteiger partial charge in [-0.3, -0.25) is 9.59 Å². The molecule has 1 aromatic heterocycles. The van der Waals surface area contributed by atoms with E-state index in [1.807, 2.05) is 4.90 Å². The van der Waals surface area contributed by atoms with Crippen LogP contribution in [-0.2, 0) is 4.79 Å². The third kappa shape index (κ3) is 3.65. The number of aliphatic hydroxyl groups is 1. The first-order valence-corrected chi connectivity index (χ1v) is 8.19. The number of carbonyl (C=O) groups is 2. The van der Waals surface area contributed by atoms with E-state index in [0.717, 1.165) is 0 Å². The van der Waals surface area contributed by atoms with Crippen molar-refractivity contribution in [3.05, 3.63) is 59.5 Å². The predicted octanol–water partition coefficient (Wildman–Crippen LogP) is 0.702. The number of pyridine rings is 1. The molecular weight excluding hydrogens is 339 g/mol. The number of carbonyl (C=O) groups excluding carboxylic acids is 2. The van der Waals surface area contributed by atoms with E-state index in [1.165, 1.54) is 29.2 Å². The molecule has 1 aliphatic rings. The number of amides is 2. The van der Waals surface area contributed by atoms with Gasteiger partial charge in [0, 0.05) is 32.4 Å². The van der Waals surface area contributed by atoms with E-state index in [-0.39, 0.29) is 0 Å². The third-order valence-electron chi connectivity index (χ3n) is 4.36. The lowest BCUT2D eigenvalue weighted by molar-refractivity contribution is -0.140. The van der Waals surface area contributed by atoms with Gasteiger partial charge in [0.15, 0.2) is 6.10 Å². The van der Waals surface area contributed by atoms with Crippen LogP contribution in [0.25, 0.3) is 0 Å². The summed E-state index contributed by atoms with van der Waals surface area (Å²) >= 11 is 0. The van der Waals surface area contributed by atoms with Crippen molar-refractivity contribution in [2.24, 2.45) is 5.73 Å². The minimum absolute atomic E-state index is 0.332. The molecule has 8 heteroatoms. The lowest BCUT2D eigenvalue weighted by Gasteiger charge is -2.36. The van der Waals surface area contributed by atoms with Crippen LogP contribution in [0.2, 0.25) is 0 Å². The van der Waals surface area contributed by atoms with Crippen molar-refractivity contribution >= 4 is 17.6 Å². The van der Waals surface area contributed by atoms with Gasteiger partial charge in [0.1, 0.15) is 11.6 Å². The number of aromatic nitrogens is 1. The molecule has 1 fully saturated rings. The van der Waals surface area contributed by atoms with Crippen molar-refractivity contribution in [2.45, 2.75) is 6.10 Å². The molecular formula is C18H19FN4O3. The number of piperazine rings is 1. The van der Waals surface area contributed by atoms with E-state index in [0.29, 0.717) is 43.1 Å². The lowest BCUT2D eigenvalue weighted by atomic mass is 10.1. The molecule has 0 aliphatic carbocycles. The largest absolute Gasteiger partial charge is 0.378 e. The van der Waals surface area contributed by atoms with Gasteiger partial charge in [-0.2, -0.15) is 0 Å². The molecule has 3 N–H and O–H groups in total. The molecule has 136 valence electrons. The van der Waals surface area contributed by atoms with Crippen LogP contribution < -0.4 is 10.6 Å². The number of aliphatic hydroxyl groups excluding tert-OH is 1. The predicted molar refractivity (Wildman–Crippen MR) is 92.9 cm³/mol. The zero-order valence-electron chi connectivity index (χ0n) is 14.0. The topological polar surface area (TPSA) is 99.8 Å². The van der Waals surface area contributed by atoms with E-state index >= 15 is 0 Å². The summed E-state index contributed by atoms with van der Waals surface area (Å²) < 4.78 is 13.0. The molecule has 26 heavy (non-hydrogen) atoms. The maximum absolute atomic E-state index is 13.0.